The van der Waals surface area contributed by atoms with Gasteiger partial charge in [0.2, 0.25) is 0 Å². The van der Waals surface area contributed by atoms with Crippen LogP contribution in [0, 0.1) is 5.92 Å². The number of piperidine rings is 1. The van der Waals surface area contributed by atoms with Crippen LogP contribution in [-0.2, 0) is 11.3 Å². The molecule has 0 spiro atoms. The van der Waals surface area contributed by atoms with Crippen LogP contribution in [0.25, 0.3) is 0 Å². The van der Waals surface area contributed by atoms with E-state index in [1.807, 2.05) is 36.4 Å². The average molecular weight is 386 g/mol. The number of ether oxygens (including phenoxy) is 3. The Labute approximate surface area is 167 Å². The van der Waals surface area contributed by atoms with Crippen molar-refractivity contribution >= 4 is 0 Å². The van der Waals surface area contributed by atoms with Gasteiger partial charge >= 0.3 is 0 Å². The first-order valence-corrected chi connectivity index (χ1v) is 10.1. The highest BCUT2D eigenvalue weighted by Crippen LogP contribution is 2.31. The van der Waals surface area contributed by atoms with Gasteiger partial charge in [0.1, 0.15) is 11.5 Å². The molecule has 0 radical (unpaired) electrons. The number of methoxy groups -OCH3 is 1. The lowest BCUT2D eigenvalue weighted by Gasteiger charge is -2.31. The first kappa shape index (κ1) is 20.6. The topological polar surface area (TPSA) is 60.0 Å². The molecule has 0 aliphatic carbocycles. The first-order chi connectivity index (χ1) is 13.8. The van der Waals surface area contributed by atoms with Crippen molar-refractivity contribution < 1.29 is 19.3 Å². The SMILES string of the molecule is COc1ccccc1COCCCOc1ccc([C@@H]2CCNC[C@H]2CO)cc1. The van der Waals surface area contributed by atoms with Crippen molar-refractivity contribution in [3.05, 3.63) is 59.7 Å². The molecule has 152 valence electrons. The molecule has 1 fully saturated rings. The van der Waals surface area contributed by atoms with Gasteiger partial charge in [-0.3, -0.25) is 0 Å². The second-order valence-corrected chi connectivity index (χ2v) is 7.18. The highest BCUT2D eigenvalue weighted by Gasteiger charge is 2.25. The Kier molecular flexibility index (Phi) is 8.15. The van der Waals surface area contributed by atoms with Crippen molar-refractivity contribution in [1.82, 2.24) is 5.32 Å². The van der Waals surface area contributed by atoms with E-state index in [1.54, 1.807) is 7.11 Å². The van der Waals surface area contributed by atoms with Crippen molar-refractivity contribution in [2.45, 2.75) is 25.4 Å². The van der Waals surface area contributed by atoms with Crippen molar-refractivity contribution in [3.8, 4) is 11.5 Å². The molecule has 28 heavy (non-hydrogen) atoms. The van der Waals surface area contributed by atoms with Crippen LogP contribution in [0.5, 0.6) is 11.5 Å². The molecule has 2 atom stereocenters. The van der Waals surface area contributed by atoms with E-state index in [0.29, 0.717) is 31.7 Å². The second kappa shape index (κ2) is 11.1. The number of aliphatic hydroxyl groups excluding tert-OH is 1. The number of aliphatic hydroxyl groups is 1. The van der Waals surface area contributed by atoms with Gasteiger partial charge in [0.25, 0.3) is 0 Å². The molecule has 2 aromatic carbocycles. The minimum atomic E-state index is 0.227. The lowest BCUT2D eigenvalue weighted by atomic mass is 9.81. The maximum absolute atomic E-state index is 9.58. The molecule has 2 aromatic rings. The Morgan fingerprint density at radius 1 is 1.07 bits per heavy atom. The van der Waals surface area contributed by atoms with Crippen LogP contribution < -0.4 is 14.8 Å². The van der Waals surface area contributed by atoms with Crippen LogP contribution in [0.3, 0.4) is 0 Å². The van der Waals surface area contributed by atoms with E-state index in [-0.39, 0.29) is 6.61 Å². The van der Waals surface area contributed by atoms with Gasteiger partial charge in [0.15, 0.2) is 0 Å². The van der Waals surface area contributed by atoms with Crippen LogP contribution >= 0.6 is 0 Å². The fourth-order valence-electron chi connectivity index (χ4n) is 3.72. The zero-order valence-corrected chi connectivity index (χ0v) is 16.6. The Hall–Kier alpha value is -2.08. The molecule has 1 heterocycles. The fourth-order valence-corrected chi connectivity index (χ4v) is 3.72. The summed E-state index contributed by atoms with van der Waals surface area (Å²) in [7, 11) is 1.67. The summed E-state index contributed by atoms with van der Waals surface area (Å²) in [6.07, 6.45) is 1.90. The van der Waals surface area contributed by atoms with Crippen molar-refractivity contribution in [2.75, 3.05) is 40.0 Å². The number of benzene rings is 2. The molecule has 5 nitrogen and oxygen atoms in total. The van der Waals surface area contributed by atoms with E-state index in [9.17, 15) is 5.11 Å². The summed E-state index contributed by atoms with van der Waals surface area (Å²) in [4.78, 5) is 0. The van der Waals surface area contributed by atoms with Crippen LogP contribution in [0.15, 0.2) is 48.5 Å². The van der Waals surface area contributed by atoms with Crippen LogP contribution in [-0.4, -0.2) is 45.1 Å². The van der Waals surface area contributed by atoms with Crippen molar-refractivity contribution in [1.29, 1.82) is 0 Å². The minimum absolute atomic E-state index is 0.227. The van der Waals surface area contributed by atoms with Gasteiger partial charge < -0.3 is 24.6 Å². The molecule has 3 rings (SSSR count). The highest BCUT2D eigenvalue weighted by atomic mass is 16.5. The predicted octanol–water partition coefficient (Wildman–Crippen LogP) is 3.37. The average Bonchev–Trinajstić information content (AvgIpc) is 2.76. The number of nitrogens with one attached hydrogen (secondary N) is 1. The largest absolute Gasteiger partial charge is 0.496 e. The lowest BCUT2D eigenvalue weighted by Crippen LogP contribution is -2.37. The molecule has 5 heteroatoms. The van der Waals surface area contributed by atoms with E-state index in [2.05, 4.69) is 17.4 Å². The van der Waals surface area contributed by atoms with Crippen LogP contribution in [0.2, 0.25) is 0 Å². The van der Waals surface area contributed by atoms with Crippen LogP contribution in [0.4, 0.5) is 0 Å². The summed E-state index contributed by atoms with van der Waals surface area (Å²) in [6, 6.07) is 16.2. The molecular weight excluding hydrogens is 354 g/mol. The van der Waals surface area contributed by atoms with Gasteiger partial charge in [0.05, 0.1) is 26.9 Å². The second-order valence-electron chi connectivity index (χ2n) is 7.18. The number of hydrogen-bond acceptors (Lipinski definition) is 5. The molecule has 1 aliphatic heterocycles. The van der Waals surface area contributed by atoms with Gasteiger partial charge in [-0.1, -0.05) is 30.3 Å². The molecule has 0 aromatic heterocycles. The lowest BCUT2D eigenvalue weighted by molar-refractivity contribution is 0.105. The summed E-state index contributed by atoms with van der Waals surface area (Å²) >= 11 is 0. The molecule has 1 aliphatic rings. The van der Waals surface area contributed by atoms with E-state index in [1.165, 1.54) is 5.56 Å². The van der Waals surface area contributed by atoms with Gasteiger partial charge in [-0.05, 0) is 42.6 Å². The van der Waals surface area contributed by atoms with Crippen molar-refractivity contribution in [3.63, 3.8) is 0 Å². The Bertz CT molecular complexity index is 704. The summed E-state index contributed by atoms with van der Waals surface area (Å²) in [5.74, 6) is 2.45. The van der Waals surface area contributed by atoms with Crippen LogP contribution in [0.1, 0.15) is 29.9 Å². The van der Waals surface area contributed by atoms with E-state index in [0.717, 1.165) is 43.0 Å². The third kappa shape index (κ3) is 5.71. The summed E-state index contributed by atoms with van der Waals surface area (Å²) < 4.78 is 16.9. The fraction of sp³-hybridized carbons (Fsp3) is 0.478. The molecule has 0 bridgehead atoms. The van der Waals surface area contributed by atoms with E-state index >= 15 is 0 Å². The van der Waals surface area contributed by atoms with Gasteiger partial charge in [-0.25, -0.2) is 0 Å². The third-order valence-electron chi connectivity index (χ3n) is 5.30. The molecule has 2 N–H and O–H groups in total. The molecular formula is C23H31NO4. The maximum Gasteiger partial charge on any atom is 0.124 e. The smallest absolute Gasteiger partial charge is 0.124 e. The number of rotatable bonds is 10. The van der Waals surface area contributed by atoms with E-state index < -0.39 is 0 Å². The standard InChI is InChI=1S/C23H31NO4/c1-26-23-6-3-2-5-19(23)17-27-13-4-14-28-21-9-7-18(8-10-21)22-11-12-24-15-20(22)16-25/h2-3,5-10,20,22,24-25H,4,11-17H2,1H3/t20-,22-/m0/s1. The van der Waals surface area contributed by atoms with Gasteiger partial charge in [0, 0.05) is 31.1 Å². The first-order valence-electron chi connectivity index (χ1n) is 10.1. The Morgan fingerprint density at radius 2 is 1.89 bits per heavy atom. The van der Waals surface area contributed by atoms with Crippen molar-refractivity contribution in [2.24, 2.45) is 5.92 Å². The molecule has 0 unspecified atom stereocenters. The van der Waals surface area contributed by atoms with Gasteiger partial charge in [-0.2, -0.15) is 0 Å². The summed E-state index contributed by atoms with van der Waals surface area (Å²) in [6.45, 7) is 3.93. The minimum Gasteiger partial charge on any atom is -0.496 e. The highest BCUT2D eigenvalue weighted by molar-refractivity contribution is 5.32. The quantitative estimate of drug-likeness (QED) is 0.614. The monoisotopic (exact) mass is 385 g/mol. The summed E-state index contributed by atoms with van der Waals surface area (Å²) in [5, 5.41) is 12.9. The third-order valence-corrected chi connectivity index (χ3v) is 5.30. The zero-order valence-electron chi connectivity index (χ0n) is 16.6. The molecule has 1 saturated heterocycles. The Balaban J connectivity index is 1.37. The molecule has 0 amide bonds. The predicted molar refractivity (Wildman–Crippen MR) is 110 cm³/mol. The normalized spacial score (nSPS) is 19.4. The van der Waals surface area contributed by atoms with E-state index in [4.69, 9.17) is 14.2 Å². The maximum atomic E-state index is 9.58. The number of hydrogen-bond donors (Lipinski definition) is 2. The summed E-state index contributed by atoms with van der Waals surface area (Å²) in [5.41, 5.74) is 2.34. The molecule has 0 saturated carbocycles. The van der Waals surface area contributed by atoms with Gasteiger partial charge in [-0.15, -0.1) is 0 Å². The Morgan fingerprint density at radius 3 is 2.68 bits per heavy atom. The number of para-hydroxylation sites is 1. The zero-order chi connectivity index (χ0) is 19.6.